The van der Waals surface area contributed by atoms with Gasteiger partial charge in [-0.15, -0.1) is 0 Å². The van der Waals surface area contributed by atoms with Gasteiger partial charge in [-0.3, -0.25) is 9.48 Å². The Labute approximate surface area is 112 Å². The average molecular weight is 261 g/mol. The quantitative estimate of drug-likeness (QED) is 0.832. The second kappa shape index (κ2) is 5.40. The number of aromatic nitrogens is 2. The standard InChI is InChI=1S/C14H19N3O2/c1-3-19-13(18)14(2,15)8-9-17-12-7-5-4-6-11(12)10-16-17/h4-7,10H,3,8-9,15H2,1-2H3. The number of benzene rings is 1. The Balaban J connectivity index is 2.08. The van der Waals surface area contributed by atoms with Crippen molar-refractivity contribution in [1.82, 2.24) is 9.78 Å². The lowest BCUT2D eigenvalue weighted by molar-refractivity contribution is -0.149. The Hall–Kier alpha value is -1.88. The lowest BCUT2D eigenvalue weighted by Crippen LogP contribution is -2.46. The molecule has 0 bridgehead atoms. The van der Waals surface area contributed by atoms with E-state index in [1.54, 1.807) is 13.8 Å². The highest BCUT2D eigenvalue weighted by atomic mass is 16.5. The molecule has 102 valence electrons. The van der Waals surface area contributed by atoms with Crippen molar-refractivity contribution in [3.63, 3.8) is 0 Å². The van der Waals surface area contributed by atoms with Crippen molar-refractivity contribution >= 4 is 16.9 Å². The van der Waals surface area contributed by atoms with Gasteiger partial charge >= 0.3 is 5.97 Å². The second-order valence-electron chi connectivity index (χ2n) is 4.81. The van der Waals surface area contributed by atoms with Crippen LogP contribution in [0.3, 0.4) is 0 Å². The zero-order chi connectivity index (χ0) is 13.9. The Kier molecular flexibility index (Phi) is 3.85. The van der Waals surface area contributed by atoms with Crippen molar-refractivity contribution in [3.05, 3.63) is 30.5 Å². The average Bonchev–Trinajstić information content (AvgIpc) is 2.80. The molecule has 2 N–H and O–H groups in total. The third-order valence-electron chi connectivity index (χ3n) is 3.14. The minimum atomic E-state index is -0.983. The first-order chi connectivity index (χ1) is 9.04. The van der Waals surface area contributed by atoms with E-state index in [-0.39, 0.29) is 5.97 Å². The number of fused-ring (bicyclic) bond motifs is 1. The molecule has 1 unspecified atom stereocenters. The van der Waals surface area contributed by atoms with E-state index in [1.165, 1.54) is 0 Å². The van der Waals surface area contributed by atoms with Gasteiger partial charge in [-0.2, -0.15) is 5.10 Å². The van der Waals surface area contributed by atoms with E-state index in [4.69, 9.17) is 10.5 Å². The molecule has 0 fully saturated rings. The van der Waals surface area contributed by atoms with E-state index in [0.29, 0.717) is 19.6 Å². The van der Waals surface area contributed by atoms with Crippen molar-refractivity contribution in [1.29, 1.82) is 0 Å². The van der Waals surface area contributed by atoms with E-state index in [9.17, 15) is 4.79 Å². The minimum Gasteiger partial charge on any atom is -0.465 e. The van der Waals surface area contributed by atoms with Crippen LogP contribution in [0.25, 0.3) is 10.9 Å². The van der Waals surface area contributed by atoms with Gasteiger partial charge in [0.1, 0.15) is 5.54 Å². The number of aryl methyl sites for hydroxylation is 1. The van der Waals surface area contributed by atoms with Crippen LogP contribution < -0.4 is 5.73 Å². The van der Waals surface area contributed by atoms with Crippen LogP contribution in [0.4, 0.5) is 0 Å². The fourth-order valence-electron chi connectivity index (χ4n) is 1.94. The van der Waals surface area contributed by atoms with Crippen LogP contribution in [0.15, 0.2) is 30.5 Å². The Morgan fingerprint density at radius 1 is 1.47 bits per heavy atom. The van der Waals surface area contributed by atoms with Crippen LogP contribution in [0.2, 0.25) is 0 Å². The summed E-state index contributed by atoms with van der Waals surface area (Å²) >= 11 is 0. The van der Waals surface area contributed by atoms with Gasteiger partial charge in [0.25, 0.3) is 0 Å². The fourth-order valence-corrected chi connectivity index (χ4v) is 1.94. The van der Waals surface area contributed by atoms with Crippen LogP contribution in [0.5, 0.6) is 0 Å². The number of carbonyl (C=O) groups is 1. The van der Waals surface area contributed by atoms with Crippen LogP contribution in [-0.2, 0) is 16.1 Å². The highest BCUT2D eigenvalue weighted by Crippen LogP contribution is 2.16. The molecule has 0 aliphatic carbocycles. The smallest absolute Gasteiger partial charge is 0.325 e. The predicted molar refractivity (Wildman–Crippen MR) is 73.6 cm³/mol. The maximum Gasteiger partial charge on any atom is 0.325 e. The van der Waals surface area contributed by atoms with Gasteiger partial charge in [-0.25, -0.2) is 0 Å². The van der Waals surface area contributed by atoms with Gasteiger partial charge in [0, 0.05) is 11.9 Å². The minimum absolute atomic E-state index is 0.344. The molecule has 1 aromatic heterocycles. The Morgan fingerprint density at radius 3 is 2.95 bits per heavy atom. The number of rotatable bonds is 5. The monoisotopic (exact) mass is 261 g/mol. The molecular formula is C14H19N3O2. The first kappa shape index (κ1) is 13.5. The normalized spacial score (nSPS) is 14.3. The molecular weight excluding hydrogens is 242 g/mol. The first-order valence-electron chi connectivity index (χ1n) is 6.41. The fraction of sp³-hybridized carbons (Fsp3) is 0.429. The lowest BCUT2D eigenvalue weighted by Gasteiger charge is -2.22. The van der Waals surface area contributed by atoms with Gasteiger partial charge in [-0.05, 0) is 26.3 Å². The Morgan fingerprint density at radius 2 is 2.21 bits per heavy atom. The summed E-state index contributed by atoms with van der Waals surface area (Å²) in [6, 6.07) is 7.94. The van der Waals surface area contributed by atoms with E-state index in [0.717, 1.165) is 10.9 Å². The van der Waals surface area contributed by atoms with Crippen molar-refractivity contribution < 1.29 is 9.53 Å². The summed E-state index contributed by atoms with van der Waals surface area (Å²) in [7, 11) is 0. The molecule has 19 heavy (non-hydrogen) atoms. The van der Waals surface area contributed by atoms with Gasteiger partial charge in [0.05, 0.1) is 18.3 Å². The van der Waals surface area contributed by atoms with Crippen molar-refractivity contribution in [2.75, 3.05) is 6.61 Å². The second-order valence-corrected chi connectivity index (χ2v) is 4.81. The van der Waals surface area contributed by atoms with Crippen LogP contribution >= 0.6 is 0 Å². The van der Waals surface area contributed by atoms with E-state index in [1.807, 2.05) is 35.1 Å². The maximum absolute atomic E-state index is 11.7. The summed E-state index contributed by atoms with van der Waals surface area (Å²) in [5.74, 6) is -0.369. The van der Waals surface area contributed by atoms with E-state index in [2.05, 4.69) is 5.10 Å². The molecule has 5 heteroatoms. The number of nitrogens with two attached hydrogens (primary N) is 1. The van der Waals surface area contributed by atoms with E-state index < -0.39 is 5.54 Å². The molecule has 1 atom stereocenters. The van der Waals surface area contributed by atoms with Crippen LogP contribution in [0, 0.1) is 0 Å². The zero-order valence-corrected chi connectivity index (χ0v) is 11.3. The highest BCUT2D eigenvalue weighted by molar-refractivity contribution is 5.80. The van der Waals surface area contributed by atoms with Crippen LogP contribution in [0.1, 0.15) is 20.3 Å². The summed E-state index contributed by atoms with van der Waals surface area (Å²) in [6.07, 6.45) is 2.30. The molecule has 0 saturated carbocycles. The number of carbonyl (C=O) groups excluding carboxylic acids is 1. The largest absolute Gasteiger partial charge is 0.465 e. The van der Waals surface area contributed by atoms with Gasteiger partial charge in [-0.1, -0.05) is 18.2 Å². The molecule has 1 aromatic carbocycles. The molecule has 0 saturated heterocycles. The highest BCUT2D eigenvalue weighted by Gasteiger charge is 2.29. The third kappa shape index (κ3) is 2.93. The van der Waals surface area contributed by atoms with Gasteiger partial charge in [0.2, 0.25) is 0 Å². The molecule has 0 aliphatic rings. The van der Waals surface area contributed by atoms with Crippen molar-refractivity contribution in [2.45, 2.75) is 32.4 Å². The Bertz CT molecular complexity index is 575. The number of para-hydroxylation sites is 1. The molecule has 2 rings (SSSR count). The molecule has 0 amide bonds. The van der Waals surface area contributed by atoms with Crippen LogP contribution in [-0.4, -0.2) is 27.9 Å². The summed E-state index contributed by atoms with van der Waals surface area (Å²) < 4.78 is 6.83. The zero-order valence-electron chi connectivity index (χ0n) is 11.3. The number of hydrogen-bond donors (Lipinski definition) is 1. The molecule has 0 radical (unpaired) electrons. The van der Waals surface area contributed by atoms with Crippen molar-refractivity contribution in [2.24, 2.45) is 5.73 Å². The van der Waals surface area contributed by atoms with E-state index >= 15 is 0 Å². The summed E-state index contributed by atoms with van der Waals surface area (Å²) in [6.45, 7) is 4.39. The predicted octanol–water partition coefficient (Wildman–Crippen LogP) is 1.71. The lowest BCUT2D eigenvalue weighted by atomic mass is 10.00. The molecule has 5 nitrogen and oxygen atoms in total. The summed E-state index contributed by atoms with van der Waals surface area (Å²) in [5, 5.41) is 5.39. The van der Waals surface area contributed by atoms with Gasteiger partial charge in [0.15, 0.2) is 0 Å². The number of nitrogens with zero attached hydrogens (tertiary/aromatic N) is 2. The molecule has 1 heterocycles. The van der Waals surface area contributed by atoms with Gasteiger partial charge < -0.3 is 10.5 Å². The molecule has 0 spiro atoms. The third-order valence-corrected chi connectivity index (χ3v) is 3.14. The SMILES string of the molecule is CCOC(=O)C(C)(N)CCn1ncc2ccccc21. The maximum atomic E-state index is 11.7. The topological polar surface area (TPSA) is 70.1 Å². The number of hydrogen-bond acceptors (Lipinski definition) is 4. The number of ether oxygens (including phenoxy) is 1. The summed E-state index contributed by atoms with van der Waals surface area (Å²) in [5.41, 5.74) is 6.05. The van der Waals surface area contributed by atoms with Crippen molar-refractivity contribution in [3.8, 4) is 0 Å². The summed E-state index contributed by atoms with van der Waals surface area (Å²) in [4.78, 5) is 11.7. The molecule has 2 aromatic rings. The first-order valence-corrected chi connectivity index (χ1v) is 6.41. The molecule has 0 aliphatic heterocycles. The number of esters is 1.